The number of rotatable bonds is 1. The number of anilines is 1. The Hall–Kier alpha value is -0.690. The Balaban J connectivity index is 1.94. The summed E-state index contributed by atoms with van der Waals surface area (Å²) < 4.78 is 21.5. The molecule has 18 heavy (non-hydrogen) atoms. The van der Waals surface area contributed by atoms with E-state index in [9.17, 15) is 8.76 Å². The van der Waals surface area contributed by atoms with Crippen LogP contribution in [0.2, 0.25) is 5.02 Å². The van der Waals surface area contributed by atoms with E-state index in [1.165, 1.54) is 0 Å². The van der Waals surface area contributed by atoms with E-state index in [2.05, 4.69) is 5.32 Å². The van der Waals surface area contributed by atoms with Gasteiger partial charge in [-0.3, -0.25) is 0 Å². The quantitative estimate of drug-likeness (QED) is 0.611. The molecule has 0 aromatic heterocycles. The summed E-state index contributed by atoms with van der Waals surface area (Å²) in [7, 11) is -2.72. The van der Waals surface area contributed by atoms with E-state index in [1.54, 1.807) is 12.1 Å². The second-order valence-corrected chi connectivity index (χ2v) is 7.61. The van der Waals surface area contributed by atoms with Crippen molar-refractivity contribution >= 4 is 44.8 Å². The van der Waals surface area contributed by atoms with Gasteiger partial charge in [0.2, 0.25) is 10.2 Å². The lowest BCUT2D eigenvalue weighted by Crippen LogP contribution is -2.37. The predicted octanol–water partition coefficient (Wildman–Crippen LogP) is 1.76. The van der Waals surface area contributed by atoms with Crippen LogP contribution in [0.4, 0.5) is 5.69 Å². The molecule has 2 aliphatic rings. The SMILES string of the molecule is O=[S+]1(O)C[C@@H]2NC(=S)N(c3ccc(Cl)cc3)[C@H]2C1. The fourth-order valence-corrected chi connectivity index (χ4v) is 4.96. The minimum Gasteiger partial charge on any atom is -0.352 e. The summed E-state index contributed by atoms with van der Waals surface area (Å²) >= 11 is 11.2. The third-order valence-corrected chi connectivity index (χ3v) is 5.61. The number of hydrogen-bond donors (Lipinski definition) is 2. The molecule has 2 heterocycles. The summed E-state index contributed by atoms with van der Waals surface area (Å²) in [6, 6.07) is 7.24. The summed E-state index contributed by atoms with van der Waals surface area (Å²) in [5, 5.41) is 4.39. The molecule has 3 atom stereocenters. The van der Waals surface area contributed by atoms with Gasteiger partial charge in [0.15, 0.2) is 16.6 Å². The molecule has 0 radical (unpaired) electrons. The van der Waals surface area contributed by atoms with E-state index in [0.717, 1.165) is 5.69 Å². The third kappa shape index (κ3) is 2.03. The maximum Gasteiger partial charge on any atom is 0.218 e. The van der Waals surface area contributed by atoms with E-state index < -0.39 is 10.2 Å². The molecule has 0 spiro atoms. The molecule has 0 saturated carbocycles. The van der Waals surface area contributed by atoms with Crippen LogP contribution in [0.15, 0.2) is 24.3 Å². The Labute approximate surface area is 117 Å². The van der Waals surface area contributed by atoms with Crippen molar-refractivity contribution in [2.24, 2.45) is 0 Å². The van der Waals surface area contributed by atoms with Gasteiger partial charge in [-0.1, -0.05) is 15.8 Å². The standard InChI is InChI=1S/C11H11ClN2O2S2/c12-7-1-3-8(4-2-7)14-10-6-18(15,16)5-9(10)13-11(14)17/h1-4,9-10H,5-6H2,(H-,13,15,16,17)/p+1/t9-,10-/m0/s1. The number of nitrogens with one attached hydrogen (secondary N) is 1. The van der Waals surface area contributed by atoms with Crippen LogP contribution in [0.5, 0.6) is 0 Å². The molecule has 1 aromatic carbocycles. The van der Waals surface area contributed by atoms with Gasteiger partial charge in [0.25, 0.3) is 0 Å². The molecule has 3 rings (SSSR count). The second-order valence-electron chi connectivity index (χ2n) is 4.58. The number of thiocarbonyl (C=S) groups is 1. The minimum absolute atomic E-state index is 0.0364. The van der Waals surface area contributed by atoms with Gasteiger partial charge in [-0.25, -0.2) is 0 Å². The largest absolute Gasteiger partial charge is 0.352 e. The maximum atomic E-state index is 11.8. The van der Waals surface area contributed by atoms with Gasteiger partial charge in [0.05, 0.1) is 0 Å². The van der Waals surface area contributed by atoms with Crippen molar-refractivity contribution in [3.8, 4) is 0 Å². The zero-order valence-corrected chi connectivity index (χ0v) is 11.8. The van der Waals surface area contributed by atoms with Crippen LogP contribution < -0.4 is 10.2 Å². The first kappa shape index (κ1) is 12.3. The highest BCUT2D eigenvalue weighted by Crippen LogP contribution is 2.31. The Morgan fingerprint density at radius 1 is 1.39 bits per heavy atom. The maximum absolute atomic E-state index is 11.8. The van der Waals surface area contributed by atoms with E-state index in [-0.39, 0.29) is 23.6 Å². The summed E-state index contributed by atoms with van der Waals surface area (Å²) in [6.45, 7) is 0. The normalized spacial score (nSPS) is 34.6. The van der Waals surface area contributed by atoms with Crippen LogP contribution >= 0.6 is 23.8 Å². The molecule has 2 aliphatic heterocycles. The number of halogens is 1. The first-order valence-corrected chi connectivity index (χ1v) is 8.17. The van der Waals surface area contributed by atoms with Crippen LogP contribution in [-0.4, -0.2) is 33.3 Å². The zero-order valence-electron chi connectivity index (χ0n) is 9.38. The molecule has 2 saturated heterocycles. The van der Waals surface area contributed by atoms with E-state index >= 15 is 0 Å². The Morgan fingerprint density at radius 3 is 2.72 bits per heavy atom. The van der Waals surface area contributed by atoms with Crippen LogP contribution in [0.25, 0.3) is 0 Å². The zero-order chi connectivity index (χ0) is 12.9. The Morgan fingerprint density at radius 2 is 2.06 bits per heavy atom. The molecular weight excluding hydrogens is 292 g/mol. The lowest BCUT2D eigenvalue weighted by atomic mass is 10.1. The number of hydrogen-bond acceptors (Lipinski definition) is 2. The monoisotopic (exact) mass is 303 g/mol. The molecule has 0 bridgehead atoms. The van der Waals surface area contributed by atoms with Gasteiger partial charge >= 0.3 is 0 Å². The predicted molar refractivity (Wildman–Crippen MR) is 77.7 cm³/mol. The van der Waals surface area contributed by atoms with Crippen molar-refractivity contribution in [2.45, 2.75) is 12.1 Å². The third-order valence-electron chi connectivity index (χ3n) is 3.30. The fraction of sp³-hybridized carbons (Fsp3) is 0.364. The van der Waals surface area contributed by atoms with Crippen molar-refractivity contribution in [1.82, 2.24) is 5.32 Å². The summed E-state index contributed by atoms with van der Waals surface area (Å²) in [6.07, 6.45) is 0. The molecule has 7 heteroatoms. The smallest absolute Gasteiger partial charge is 0.218 e. The van der Waals surface area contributed by atoms with E-state index in [1.807, 2.05) is 17.0 Å². The van der Waals surface area contributed by atoms with Gasteiger partial charge in [-0.15, -0.1) is 0 Å². The van der Waals surface area contributed by atoms with Crippen molar-refractivity contribution in [3.05, 3.63) is 29.3 Å². The van der Waals surface area contributed by atoms with Crippen molar-refractivity contribution in [3.63, 3.8) is 0 Å². The van der Waals surface area contributed by atoms with Crippen molar-refractivity contribution in [2.75, 3.05) is 16.4 Å². The number of benzene rings is 1. The topological polar surface area (TPSA) is 52.6 Å². The highest BCUT2D eigenvalue weighted by atomic mass is 35.5. The van der Waals surface area contributed by atoms with Gasteiger partial charge in [0, 0.05) is 10.7 Å². The highest BCUT2D eigenvalue weighted by molar-refractivity contribution is 7.98. The highest BCUT2D eigenvalue weighted by Gasteiger charge is 2.54. The fourth-order valence-electron chi connectivity index (χ4n) is 2.52. The molecule has 1 aromatic rings. The summed E-state index contributed by atoms with van der Waals surface area (Å²) in [5.41, 5.74) is 0.904. The number of nitrogens with zero attached hydrogens (tertiary/aromatic N) is 1. The van der Waals surface area contributed by atoms with Crippen molar-refractivity contribution in [1.29, 1.82) is 0 Å². The minimum atomic E-state index is -2.72. The van der Waals surface area contributed by atoms with Gasteiger partial charge in [-0.2, -0.15) is 4.55 Å². The second kappa shape index (κ2) is 4.16. The summed E-state index contributed by atoms with van der Waals surface area (Å²) in [4.78, 5) is 1.92. The molecule has 2 N–H and O–H groups in total. The number of fused-ring (bicyclic) bond motifs is 1. The first-order chi connectivity index (χ1) is 8.46. The van der Waals surface area contributed by atoms with E-state index in [4.69, 9.17) is 23.8 Å². The average Bonchev–Trinajstić information content (AvgIpc) is 2.70. The lowest BCUT2D eigenvalue weighted by Gasteiger charge is -2.22. The van der Waals surface area contributed by atoms with Crippen molar-refractivity contribution < 1.29 is 8.76 Å². The Kier molecular flexibility index (Phi) is 2.85. The van der Waals surface area contributed by atoms with Crippen LogP contribution in [0, 0.1) is 0 Å². The van der Waals surface area contributed by atoms with Crippen LogP contribution in [0.1, 0.15) is 0 Å². The lowest BCUT2D eigenvalue weighted by molar-refractivity contribution is 0.502. The van der Waals surface area contributed by atoms with Crippen LogP contribution in [-0.2, 0) is 14.4 Å². The molecular formula is C11H12ClN2O2S2+. The Bertz CT molecular complexity index is 548. The average molecular weight is 304 g/mol. The first-order valence-electron chi connectivity index (χ1n) is 5.53. The molecule has 0 aliphatic carbocycles. The van der Waals surface area contributed by atoms with E-state index in [0.29, 0.717) is 10.1 Å². The molecule has 96 valence electrons. The van der Waals surface area contributed by atoms with Gasteiger partial charge < -0.3 is 10.2 Å². The molecule has 1 unspecified atom stereocenters. The van der Waals surface area contributed by atoms with Crippen LogP contribution in [0.3, 0.4) is 0 Å². The molecule has 4 nitrogen and oxygen atoms in total. The molecule has 0 amide bonds. The van der Waals surface area contributed by atoms with Gasteiger partial charge in [-0.05, 0) is 36.5 Å². The molecule has 2 fully saturated rings. The van der Waals surface area contributed by atoms with Gasteiger partial charge in [0.1, 0.15) is 12.1 Å². The summed E-state index contributed by atoms with van der Waals surface area (Å²) in [5.74, 6) is 0.523.